The Morgan fingerprint density at radius 2 is 2.12 bits per heavy atom. The van der Waals surface area contributed by atoms with E-state index in [0.717, 1.165) is 43.7 Å². The molecule has 5 nitrogen and oxygen atoms in total. The van der Waals surface area contributed by atoms with Crippen molar-refractivity contribution in [1.82, 2.24) is 15.6 Å². The van der Waals surface area contributed by atoms with Gasteiger partial charge in [0.1, 0.15) is 5.01 Å². The third kappa shape index (κ3) is 6.06. The van der Waals surface area contributed by atoms with Crippen LogP contribution in [0.15, 0.2) is 11.2 Å². The number of aliphatic imine (C=N–C) groups is 1. The van der Waals surface area contributed by atoms with Crippen molar-refractivity contribution in [2.24, 2.45) is 10.4 Å². The van der Waals surface area contributed by atoms with Crippen molar-refractivity contribution in [3.63, 3.8) is 0 Å². The monoisotopic (exact) mass is 352 g/mol. The molecule has 2 rings (SSSR count). The molecule has 1 heterocycles. The molecule has 1 aliphatic rings. The Kier molecular flexibility index (Phi) is 7.99. The quantitative estimate of drug-likeness (QED) is 0.406. The summed E-state index contributed by atoms with van der Waals surface area (Å²) in [7, 11) is 0. The van der Waals surface area contributed by atoms with Crippen LogP contribution in [0.2, 0.25) is 0 Å². The molecule has 0 saturated heterocycles. The first-order valence-corrected chi connectivity index (χ1v) is 10.0. The van der Waals surface area contributed by atoms with Gasteiger partial charge >= 0.3 is 0 Å². The van der Waals surface area contributed by atoms with Gasteiger partial charge in [0.2, 0.25) is 0 Å². The Bertz CT molecular complexity index is 509. The summed E-state index contributed by atoms with van der Waals surface area (Å²) in [4.78, 5) is 10.3. The van der Waals surface area contributed by atoms with E-state index in [1.807, 2.05) is 6.20 Å². The molecule has 0 radical (unpaired) electrons. The Morgan fingerprint density at radius 1 is 1.33 bits per heavy atom. The molecule has 1 aromatic rings. The van der Waals surface area contributed by atoms with Crippen LogP contribution in [0.3, 0.4) is 0 Å². The summed E-state index contributed by atoms with van der Waals surface area (Å²) in [5.74, 6) is 0.896. The first kappa shape index (κ1) is 19.2. The predicted octanol–water partition coefficient (Wildman–Crippen LogP) is 3.49. The van der Waals surface area contributed by atoms with E-state index in [1.165, 1.54) is 30.6 Å². The van der Waals surface area contributed by atoms with Crippen LogP contribution in [0.4, 0.5) is 0 Å². The van der Waals surface area contributed by atoms with Gasteiger partial charge in [0.15, 0.2) is 5.96 Å². The molecule has 0 aromatic carbocycles. The Labute approximate surface area is 150 Å². The fourth-order valence-corrected chi connectivity index (χ4v) is 4.02. The highest BCUT2D eigenvalue weighted by atomic mass is 32.1. The van der Waals surface area contributed by atoms with Crippen molar-refractivity contribution in [3.8, 4) is 0 Å². The fraction of sp³-hybridized carbons (Fsp3) is 0.778. The Morgan fingerprint density at radius 3 is 2.75 bits per heavy atom. The average Bonchev–Trinajstić information content (AvgIpc) is 3.20. The van der Waals surface area contributed by atoms with Gasteiger partial charge in [-0.05, 0) is 45.4 Å². The zero-order chi connectivity index (χ0) is 17.3. The summed E-state index contributed by atoms with van der Waals surface area (Å²) in [6.07, 6.45) is 8.30. The van der Waals surface area contributed by atoms with Crippen molar-refractivity contribution in [2.45, 2.75) is 59.4 Å². The lowest BCUT2D eigenvalue weighted by atomic mass is 9.83. The summed E-state index contributed by atoms with van der Waals surface area (Å²) < 4.78 is 5.60. The van der Waals surface area contributed by atoms with Gasteiger partial charge in [-0.3, -0.25) is 0 Å². The second-order valence-electron chi connectivity index (χ2n) is 6.57. The van der Waals surface area contributed by atoms with Crippen molar-refractivity contribution in [2.75, 3.05) is 26.3 Å². The smallest absolute Gasteiger partial charge is 0.191 e. The highest BCUT2D eigenvalue weighted by Crippen LogP contribution is 2.40. The van der Waals surface area contributed by atoms with Gasteiger partial charge in [-0.15, -0.1) is 11.3 Å². The molecule has 1 aliphatic carbocycles. The standard InChI is InChI=1S/C18H32N4OS/c1-4-19-17(21-13-16-20-12-15(3)24-16)22-14-18(8-6-7-9-18)10-11-23-5-2/h12H,4-11,13-14H2,1-3H3,(H2,19,21,22). The van der Waals surface area contributed by atoms with Gasteiger partial charge < -0.3 is 15.4 Å². The van der Waals surface area contributed by atoms with Crippen LogP contribution in [0, 0.1) is 12.3 Å². The highest BCUT2D eigenvalue weighted by Gasteiger charge is 2.33. The SMILES string of the molecule is CCNC(=NCc1ncc(C)s1)NCC1(CCOCC)CCCC1. The molecule has 136 valence electrons. The van der Waals surface area contributed by atoms with Crippen LogP contribution in [-0.2, 0) is 11.3 Å². The lowest BCUT2D eigenvalue weighted by Crippen LogP contribution is -2.43. The van der Waals surface area contributed by atoms with Crippen molar-refractivity contribution < 1.29 is 4.74 Å². The normalized spacial score (nSPS) is 17.2. The zero-order valence-corrected chi connectivity index (χ0v) is 16.2. The first-order valence-electron chi connectivity index (χ1n) is 9.19. The van der Waals surface area contributed by atoms with Crippen molar-refractivity contribution in [3.05, 3.63) is 16.1 Å². The summed E-state index contributed by atoms with van der Waals surface area (Å²) >= 11 is 1.71. The van der Waals surface area contributed by atoms with E-state index < -0.39 is 0 Å². The van der Waals surface area contributed by atoms with Gasteiger partial charge in [-0.2, -0.15) is 0 Å². The minimum atomic E-state index is 0.364. The van der Waals surface area contributed by atoms with Gasteiger partial charge in [-0.1, -0.05) is 12.8 Å². The number of hydrogen-bond acceptors (Lipinski definition) is 4. The molecule has 1 saturated carbocycles. The largest absolute Gasteiger partial charge is 0.382 e. The van der Waals surface area contributed by atoms with Crippen LogP contribution in [0.1, 0.15) is 55.8 Å². The number of nitrogens with zero attached hydrogens (tertiary/aromatic N) is 2. The molecular weight excluding hydrogens is 320 g/mol. The van der Waals surface area contributed by atoms with Gasteiger partial charge in [0, 0.05) is 37.4 Å². The summed E-state index contributed by atoms with van der Waals surface area (Å²) in [5.41, 5.74) is 0.364. The maximum atomic E-state index is 5.60. The molecule has 24 heavy (non-hydrogen) atoms. The third-order valence-corrected chi connectivity index (χ3v) is 5.56. The maximum Gasteiger partial charge on any atom is 0.191 e. The van der Waals surface area contributed by atoms with Crippen LogP contribution in [-0.4, -0.2) is 37.2 Å². The molecule has 0 spiro atoms. The molecule has 1 aromatic heterocycles. The number of guanidine groups is 1. The molecule has 6 heteroatoms. The van der Waals surface area contributed by atoms with Crippen molar-refractivity contribution >= 4 is 17.3 Å². The van der Waals surface area contributed by atoms with Crippen LogP contribution in [0.25, 0.3) is 0 Å². The van der Waals surface area contributed by atoms with Gasteiger partial charge in [0.25, 0.3) is 0 Å². The molecule has 1 fully saturated rings. The second kappa shape index (κ2) is 9.99. The number of rotatable bonds is 9. The van der Waals surface area contributed by atoms with E-state index in [0.29, 0.717) is 12.0 Å². The number of aryl methyl sites for hydroxylation is 1. The number of aromatic nitrogens is 1. The van der Waals surface area contributed by atoms with Crippen LogP contribution >= 0.6 is 11.3 Å². The number of nitrogens with one attached hydrogen (secondary N) is 2. The molecule has 0 aliphatic heterocycles. The lowest BCUT2D eigenvalue weighted by molar-refractivity contribution is 0.105. The minimum Gasteiger partial charge on any atom is -0.382 e. The zero-order valence-electron chi connectivity index (χ0n) is 15.4. The van der Waals surface area contributed by atoms with Gasteiger partial charge in [-0.25, -0.2) is 9.98 Å². The van der Waals surface area contributed by atoms with E-state index in [-0.39, 0.29) is 0 Å². The first-order chi connectivity index (χ1) is 11.7. The average molecular weight is 353 g/mol. The Balaban J connectivity index is 1.90. The molecule has 0 atom stereocenters. The van der Waals surface area contributed by atoms with Crippen LogP contribution in [0.5, 0.6) is 0 Å². The van der Waals surface area contributed by atoms with Crippen LogP contribution < -0.4 is 10.6 Å². The molecule has 0 unspecified atom stereocenters. The van der Waals surface area contributed by atoms with E-state index in [9.17, 15) is 0 Å². The van der Waals surface area contributed by atoms with E-state index >= 15 is 0 Å². The van der Waals surface area contributed by atoms with Gasteiger partial charge in [0.05, 0.1) is 6.54 Å². The number of ether oxygens (including phenoxy) is 1. The highest BCUT2D eigenvalue weighted by molar-refractivity contribution is 7.11. The number of hydrogen-bond donors (Lipinski definition) is 2. The maximum absolute atomic E-state index is 5.60. The van der Waals surface area contributed by atoms with E-state index in [1.54, 1.807) is 11.3 Å². The second-order valence-corrected chi connectivity index (χ2v) is 7.89. The summed E-state index contributed by atoms with van der Waals surface area (Å²) in [6, 6.07) is 0. The summed E-state index contributed by atoms with van der Waals surface area (Å²) in [5, 5.41) is 7.99. The third-order valence-electron chi connectivity index (χ3n) is 4.66. The topological polar surface area (TPSA) is 58.5 Å². The molecule has 2 N–H and O–H groups in total. The van der Waals surface area contributed by atoms with E-state index in [2.05, 4.69) is 36.4 Å². The van der Waals surface area contributed by atoms with E-state index in [4.69, 9.17) is 9.73 Å². The fourth-order valence-electron chi connectivity index (χ4n) is 3.31. The summed E-state index contributed by atoms with van der Waals surface area (Å²) in [6.45, 7) is 10.4. The lowest BCUT2D eigenvalue weighted by Gasteiger charge is -2.30. The molecule has 0 amide bonds. The Hall–Kier alpha value is -1.14. The number of thiazole rings is 1. The minimum absolute atomic E-state index is 0.364. The molecular formula is C18H32N4OS. The van der Waals surface area contributed by atoms with Crippen molar-refractivity contribution in [1.29, 1.82) is 0 Å². The molecule has 0 bridgehead atoms. The predicted molar refractivity (Wildman–Crippen MR) is 102 cm³/mol.